The Kier molecular flexibility index (Phi) is 17.3. The number of hydrogen-bond acceptors (Lipinski definition) is 2. The molecule has 17 rings (SSSR count). The zero-order valence-electron chi connectivity index (χ0n) is 78.8. The van der Waals surface area contributed by atoms with Crippen molar-refractivity contribution in [1.82, 2.24) is 0 Å². The first-order valence-electron chi connectivity index (χ1n) is 44.0. The number of benzene rings is 10. The molecular formula is C102H100N5O2+5. The van der Waals surface area contributed by atoms with E-state index < -0.39 is 34.3 Å². The summed E-state index contributed by atoms with van der Waals surface area (Å²) in [5.74, 6) is 0. The first kappa shape index (κ1) is 57.7. The number of hydrogen-bond donors (Lipinski definition) is 0. The highest BCUT2D eigenvalue weighted by atomic mass is 16.3. The van der Waals surface area contributed by atoms with Crippen LogP contribution < -0.4 is 22.8 Å². The van der Waals surface area contributed by atoms with Gasteiger partial charge in [-0.3, -0.25) is 0 Å². The molecule has 0 aliphatic carbocycles. The Morgan fingerprint density at radius 1 is 0.239 bits per heavy atom. The summed E-state index contributed by atoms with van der Waals surface area (Å²) >= 11 is 0. The molecule has 0 bridgehead atoms. The molecule has 7 aromatic heterocycles. The van der Waals surface area contributed by atoms with E-state index >= 15 is 0 Å². The first-order chi connectivity index (χ1) is 58.7. The predicted molar refractivity (Wildman–Crippen MR) is 453 cm³/mol. The lowest BCUT2D eigenvalue weighted by Crippen LogP contribution is -2.31. The highest BCUT2D eigenvalue weighted by Gasteiger charge is 2.24. The van der Waals surface area contributed by atoms with Crippen LogP contribution in [0.25, 0.3) is 134 Å². The van der Waals surface area contributed by atoms with Crippen LogP contribution in [0.2, 0.25) is 0 Å². The first-order valence-corrected chi connectivity index (χ1v) is 36.5. The van der Waals surface area contributed by atoms with Crippen LogP contribution in [-0.2, 0) is 35.2 Å². The molecule has 0 spiro atoms. The van der Waals surface area contributed by atoms with E-state index in [9.17, 15) is 0 Å². The smallest absolute Gasteiger partial charge is 0.216 e. The molecule has 0 atom stereocenters. The molecule has 0 amide bonds. The van der Waals surface area contributed by atoms with Crippen molar-refractivity contribution in [3.05, 3.63) is 365 Å². The molecule has 7 nitrogen and oxygen atoms in total. The van der Waals surface area contributed by atoms with E-state index in [-0.39, 0.29) is 5.56 Å². The van der Waals surface area contributed by atoms with Crippen molar-refractivity contribution >= 4 is 43.9 Å². The van der Waals surface area contributed by atoms with E-state index in [2.05, 4.69) is 129 Å². The minimum Gasteiger partial charge on any atom is -0.455 e. The van der Waals surface area contributed by atoms with Crippen molar-refractivity contribution in [2.45, 2.75) is 82.7 Å². The van der Waals surface area contributed by atoms with Crippen LogP contribution in [0.15, 0.2) is 307 Å². The number of furan rings is 2. The van der Waals surface area contributed by atoms with Gasteiger partial charge >= 0.3 is 0 Å². The summed E-state index contributed by atoms with van der Waals surface area (Å²) in [6.07, 6.45) is 9.44. The SMILES string of the molecule is Cc1ccc(-c2c(C)ccc3c2oc2ccccc23)[n+](C)c1.Cc1ccc2c(oc3ccccc32)c1-c1cccc[n+]1C.[2H]C([2H])([2H])c1c[n+](C)c(-c2cc(-c3ccccc3)c(C([2H])([2H])[2H])cc2C)cc1C.[2H]C([2H])([2H])c1cc(C)c(-c2cccc[n+]2C)cc1-c1ccccc1.[2H]C([2H])([2H])c1ccc(-c2cc(-c3ccccc3)c(C([2H])([2H])[2H])cc2C)[n+](C)c1. The fourth-order valence-corrected chi connectivity index (χ4v) is 14.4. The molecule has 0 unspecified atom stereocenters. The second-order valence-corrected chi connectivity index (χ2v) is 28.1. The summed E-state index contributed by atoms with van der Waals surface area (Å²) < 4.78 is 140. The zero-order valence-corrected chi connectivity index (χ0v) is 63.8. The Balaban J connectivity index is 0.000000134. The second kappa shape index (κ2) is 32.7. The van der Waals surface area contributed by atoms with Crippen molar-refractivity contribution in [2.24, 2.45) is 35.2 Å². The molecule has 7 heterocycles. The number of rotatable bonds is 8. The van der Waals surface area contributed by atoms with Gasteiger partial charge < -0.3 is 8.83 Å². The topological polar surface area (TPSA) is 45.7 Å². The van der Waals surface area contributed by atoms with Crippen LogP contribution in [-0.4, -0.2) is 0 Å². The molecule has 109 heavy (non-hydrogen) atoms. The number of aryl methyl sites for hydroxylation is 17. The number of pyridine rings is 5. The lowest BCUT2D eigenvalue weighted by molar-refractivity contribution is -0.660. The summed E-state index contributed by atoms with van der Waals surface area (Å²) in [5, 5.41) is 4.70. The quantitative estimate of drug-likeness (QED) is 0.142. The van der Waals surface area contributed by atoms with Gasteiger partial charge in [-0.15, -0.1) is 0 Å². The molecule has 10 aromatic carbocycles. The Bertz CT molecular complexity index is 6800. The molecule has 7 heteroatoms. The van der Waals surface area contributed by atoms with Crippen molar-refractivity contribution in [3.8, 4) is 89.7 Å². The molecule has 540 valence electrons. The minimum absolute atomic E-state index is 0.263. The summed E-state index contributed by atoms with van der Waals surface area (Å²) in [5.41, 5.74) is 27.3. The fourth-order valence-electron chi connectivity index (χ4n) is 14.4. The summed E-state index contributed by atoms with van der Waals surface area (Å²) in [6.45, 7) is 2.91. The maximum Gasteiger partial charge on any atom is 0.216 e. The molecule has 17 aromatic rings. The molecule has 0 fully saturated rings. The summed E-state index contributed by atoms with van der Waals surface area (Å²) in [4.78, 5) is 0. The molecule has 0 aliphatic rings. The van der Waals surface area contributed by atoms with Gasteiger partial charge in [-0.25, -0.2) is 22.8 Å². The number of aromatic nitrogens is 5. The Labute approximate surface area is 665 Å². The minimum atomic E-state index is -2.24. The highest BCUT2D eigenvalue weighted by Crippen LogP contribution is 2.40. The average Bonchev–Trinajstić information content (AvgIpc) is 1.57. The molecular weight excluding hydrogens is 1330 g/mol. The Morgan fingerprint density at radius 3 is 1.04 bits per heavy atom. The van der Waals surface area contributed by atoms with Gasteiger partial charge in [0.05, 0.1) is 11.1 Å². The third kappa shape index (κ3) is 16.1. The van der Waals surface area contributed by atoms with E-state index in [0.29, 0.717) is 38.9 Å². The van der Waals surface area contributed by atoms with Gasteiger partial charge in [0.2, 0.25) is 28.5 Å². The summed E-state index contributed by atoms with van der Waals surface area (Å²) in [6, 6.07) is 86.5. The average molecular weight is 1440 g/mol. The standard InChI is InChI=1S/C22H24N.C21H22N.C20H18NO.C20H20N.C19H16NO/c1-15-12-22(23(5)14-18(15)4)21-13-20(16(2)11-17(21)3)19-9-7-6-8-10-19;1-15-10-11-21(22(4)14-15)20-13-19(16(2)12-17(20)3)18-8-6-5-7-9-18;1-13-8-11-17(21(3)12-13)19-14(2)9-10-16-15-6-4-5-7-18(15)22-20(16)19;1-15-13-16(2)19(20-11-7-8-12-21(20)3)14-18(15)17-9-5-4-6-10-17;1-13-10-11-15-14-7-3-4-9-17(14)21-19(15)18(13)16-8-5-6-12-20(16)2/h6-14H,1-5H3;5-14H,1-4H3;4-12H,1-3H3;4-14H,1-3H3;3-12H,1-2H3/q5*+1/i2D3,4D3;1D3,2D3;;1D3;. The van der Waals surface area contributed by atoms with E-state index in [1.165, 1.54) is 60.8 Å². The molecule has 0 N–H and O–H groups in total. The van der Waals surface area contributed by atoms with Crippen molar-refractivity contribution in [3.63, 3.8) is 0 Å². The number of fused-ring (bicyclic) bond motifs is 6. The predicted octanol–water partition coefficient (Wildman–Crippen LogP) is 23.4. The van der Waals surface area contributed by atoms with Gasteiger partial charge in [0.1, 0.15) is 57.6 Å². The van der Waals surface area contributed by atoms with Gasteiger partial charge in [0, 0.05) is 118 Å². The fraction of sp³-hybridized carbons (Fsp3) is 0.167. The zero-order chi connectivity index (χ0) is 89.2. The van der Waals surface area contributed by atoms with Crippen molar-refractivity contribution in [1.29, 1.82) is 0 Å². The van der Waals surface area contributed by atoms with Crippen LogP contribution in [0.1, 0.15) is 87.3 Å². The maximum absolute atomic E-state index is 7.97. The van der Waals surface area contributed by atoms with Gasteiger partial charge in [-0.2, -0.15) is 0 Å². The van der Waals surface area contributed by atoms with E-state index in [0.717, 1.165) is 95.0 Å². The normalized spacial score (nSPS) is 13.6. The largest absolute Gasteiger partial charge is 0.455 e. The maximum atomic E-state index is 7.97. The highest BCUT2D eigenvalue weighted by molar-refractivity contribution is 6.11. The lowest BCUT2D eigenvalue weighted by Gasteiger charge is -2.12. The van der Waals surface area contributed by atoms with Gasteiger partial charge in [-0.1, -0.05) is 170 Å². The van der Waals surface area contributed by atoms with E-state index in [4.69, 9.17) is 29.4 Å². The third-order valence-corrected chi connectivity index (χ3v) is 20.2. The van der Waals surface area contributed by atoms with Crippen LogP contribution in [0.4, 0.5) is 0 Å². The Morgan fingerprint density at radius 2 is 0.606 bits per heavy atom. The second-order valence-electron chi connectivity index (χ2n) is 28.1. The monoisotopic (exact) mass is 1440 g/mol. The van der Waals surface area contributed by atoms with Gasteiger partial charge in [0.25, 0.3) is 0 Å². The van der Waals surface area contributed by atoms with Crippen molar-refractivity contribution < 1.29 is 52.2 Å². The van der Waals surface area contributed by atoms with E-state index in [1.54, 1.807) is 65.8 Å². The third-order valence-electron chi connectivity index (χ3n) is 20.2. The number of para-hydroxylation sites is 2. The van der Waals surface area contributed by atoms with Crippen molar-refractivity contribution in [2.75, 3.05) is 0 Å². The molecule has 0 radical (unpaired) electrons. The van der Waals surface area contributed by atoms with Gasteiger partial charge in [0.15, 0.2) is 31.0 Å². The summed E-state index contributed by atoms with van der Waals surface area (Å²) in [7, 11) is 9.75. The van der Waals surface area contributed by atoms with Crippen LogP contribution in [0.5, 0.6) is 0 Å². The number of nitrogens with zero attached hydrogens (tertiary/aromatic N) is 5. The van der Waals surface area contributed by atoms with E-state index in [1.807, 2.05) is 209 Å². The van der Waals surface area contributed by atoms with Crippen LogP contribution in [0.3, 0.4) is 0 Å². The molecule has 0 saturated heterocycles. The molecule has 0 aliphatic heterocycles. The van der Waals surface area contributed by atoms with Crippen LogP contribution >= 0.6 is 0 Å². The lowest BCUT2D eigenvalue weighted by atomic mass is 9.93. The van der Waals surface area contributed by atoms with Gasteiger partial charge in [-0.05, 0) is 221 Å². The molecule has 0 saturated carbocycles. The Hall–Kier alpha value is -12.5. The van der Waals surface area contributed by atoms with Crippen LogP contribution in [0, 0.1) is 82.7 Å².